The first-order chi connectivity index (χ1) is 7.50. The molecule has 4 N–H and O–H groups in total. The fourth-order valence-electron chi connectivity index (χ4n) is 1.09. The molecule has 0 spiro atoms. The minimum atomic E-state index is -1.05. The standard InChI is InChI=1S/C9H12N2O5/c1-5-7(9(13)14)2-6(16-5)3-11-15-4-8(10)12/h2,11H,3-4H2,1H3,(H2,10,12)(H,13,14). The predicted octanol–water partition coefficient (Wildman–Crippen LogP) is -0.207. The lowest BCUT2D eigenvalue weighted by molar-refractivity contribution is -0.125. The molecule has 7 heteroatoms. The van der Waals surface area contributed by atoms with Crippen molar-refractivity contribution in [2.24, 2.45) is 5.73 Å². The molecule has 0 saturated heterocycles. The molecule has 0 aliphatic rings. The average molecular weight is 228 g/mol. The second kappa shape index (κ2) is 5.29. The predicted molar refractivity (Wildman–Crippen MR) is 52.4 cm³/mol. The molecule has 1 heterocycles. The Morgan fingerprint density at radius 1 is 1.62 bits per heavy atom. The number of furan rings is 1. The highest BCUT2D eigenvalue weighted by atomic mass is 16.6. The van der Waals surface area contributed by atoms with Gasteiger partial charge in [0.1, 0.15) is 23.7 Å². The van der Waals surface area contributed by atoms with E-state index in [9.17, 15) is 9.59 Å². The van der Waals surface area contributed by atoms with Crippen molar-refractivity contribution in [3.63, 3.8) is 0 Å². The van der Waals surface area contributed by atoms with Gasteiger partial charge in [0.15, 0.2) is 0 Å². The van der Waals surface area contributed by atoms with Gasteiger partial charge in [0.05, 0.1) is 6.54 Å². The molecule has 0 aliphatic heterocycles. The number of carboxylic acid groups (broad SMARTS) is 1. The van der Waals surface area contributed by atoms with Gasteiger partial charge < -0.3 is 15.3 Å². The van der Waals surface area contributed by atoms with Crippen molar-refractivity contribution in [1.82, 2.24) is 5.48 Å². The van der Waals surface area contributed by atoms with Crippen LogP contribution in [-0.4, -0.2) is 23.6 Å². The van der Waals surface area contributed by atoms with E-state index in [-0.39, 0.29) is 18.7 Å². The lowest BCUT2D eigenvalue weighted by atomic mass is 10.2. The highest BCUT2D eigenvalue weighted by Gasteiger charge is 2.13. The summed E-state index contributed by atoms with van der Waals surface area (Å²) in [6.45, 7) is 1.45. The molecular formula is C9H12N2O5. The van der Waals surface area contributed by atoms with E-state index in [1.807, 2.05) is 0 Å². The zero-order valence-corrected chi connectivity index (χ0v) is 8.65. The highest BCUT2D eigenvalue weighted by Crippen LogP contribution is 2.14. The number of primary amides is 1. The molecule has 7 nitrogen and oxygen atoms in total. The molecule has 0 aromatic carbocycles. The van der Waals surface area contributed by atoms with Crippen LogP contribution in [0.25, 0.3) is 0 Å². The second-order valence-corrected chi connectivity index (χ2v) is 3.06. The van der Waals surface area contributed by atoms with E-state index >= 15 is 0 Å². The fourth-order valence-corrected chi connectivity index (χ4v) is 1.09. The van der Waals surface area contributed by atoms with Crippen LogP contribution in [-0.2, 0) is 16.2 Å². The van der Waals surface area contributed by atoms with Crippen molar-refractivity contribution in [2.45, 2.75) is 13.5 Å². The minimum Gasteiger partial charge on any atom is -0.478 e. The van der Waals surface area contributed by atoms with Gasteiger partial charge in [-0.25, -0.2) is 4.79 Å². The van der Waals surface area contributed by atoms with Crippen molar-refractivity contribution in [1.29, 1.82) is 0 Å². The fraction of sp³-hybridized carbons (Fsp3) is 0.333. The number of nitrogens with one attached hydrogen (secondary N) is 1. The van der Waals surface area contributed by atoms with E-state index in [1.54, 1.807) is 6.92 Å². The maximum absolute atomic E-state index is 10.7. The summed E-state index contributed by atoms with van der Waals surface area (Å²) in [7, 11) is 0. The summed E-state index contributed by atoms with van der Waals surface area (Å²) in [4.78, 5) is 25.7. The maximum atomic E-state index is 10.7. The number of aromatic carboxylic acids is 1. The van der Waals surface area contributed by atoms with Crippen molar-refractivity contribution in [3.05, 3.63) is 23.2 Å². The van der Waals surface area contributed by atoms with Crippen LogP contribution in [0.1, 0.15) is 21.9 Å². The Labute approximate surface area is 91.1 Å². The lowest BCUT2D eigenvalue weighted by Gasteiger charge is -2.00. The summed E-state index contributed by atoms with van der Waals surface area (Å²) >= 11 is 0. The van der Waals surface area contributed by atoms with Gasteiger partial charge in [-0.1, -0.05) is 0 Å². The molecular weight excluding hydrogens is 216 g/mol. The van der Waals surface area contributed by atoms with Crippen LogP contribution in [0.4, 0.5) is 0 Å². The van der Waals surface area contributed by atoms with Crippen LogP contribution in [0.5, 0.6) is 0 Å². The zero-order chi connectivity index (χ0) is 12.1. The molecule has 0 unspecified atom stereocenters. The van der Waals surface area contributed by atoms with Crippen molar-refractivity contribution in [3.8, 4) is 0 Å². The Kier molecular flexibility index (Phi) is 4.03. The molecule has 1 amide bonds. The second-order valence-electron chi connectivity index (χ2n) is 3.06. The molecule has 0 atom stereocenters. The molecule has 88 valence electrons. The van der Waals surface area contributed by atoms with E-state index < -0.39 is 11.9 Å². The Morgan fingerprint density at radius 3 is 2.81 bits per heavy atom. The lowest BCUT2D eigenvalue weighted by Crippen LogP contribution is -2.24. The van der Waals surface area contributed by atoms with Crippen molar-refractivity contribution >= 4 is 11.9 Å². The van der Waals surface area contributed by atoms with Crippen molar-refractivity contribution in [2.75, 3.05) is 6.61 Å². The average Bonchev–Trinajstić information content (AvgIpc) is 2.54. The van der Waals surface area contributed by atoms with Gasteiger partial charge in [-0.15, -0.1) is 0 Å². The number of carbonyl (C=O) groups excluding carboxylic acids is 1. The number of carboxylic acids is 1. The zero-order valence-electron chi connectivity index (χ0n) is 8.65. The molecule has 0 aliphatic carbocycles. The van der Waals surface area contributed by atoms with E-state index in [2.05, 4.69) is 10.3 Å². The van der Waals surface area contributed by atoms with Crippen LogP contribution in [0.3, 0.4) is 0 Å². The van der Waals surface area contributed by atoms with E-state index in [0.29, 0.717) is 11.5 Å². The molecule has 0 radical (unpaired) electrons. The Morgan fingerprint density at radius 2 is 2.31 bits per heavy atom. The summed E-state index contributed by atoms with van der Waals surface area (Å²) in [6, 6.07) is 1.39. The van der Waals surface area contributed by atoms with E-state index in [4.69, 9.17) is 15.3 Å². The number of hydroxylamine groups is 1. The first-order valence-corrected chi connectivity index (χ1v) is 4.46. The van der Waals surface area contributed by atoms with Crippen LogP contribution < -0.4 is 11.2 Å². The summed E-state index contributed by atoms with van der Waals surface area (Å²) in [5.74, 6) is -0.932. The molecule has 0 saturated carbocycles. The smallest absolute Gasteiger partial charge is 0.339 e. The largest absolute Gasteiger partial charge is 0.478 e. The molecule has 1 rings (SSSR count). The number of hydrogen-bond acceptors (Lipinski definition) is 5. The monoisotopic (exact) mass is 228 g/mol. The summed E-state index contributed by atoms with van der Waals surface area (Å²) < 4.78 is 5.14. The molecule has 1 aromatic heterocycles. The maximum Gasteiger partial charge on any atom is 0.339 e. The van der Waals surface area contributed by atoms with Gasteiger partial charge >= 0.3 is 5.97 Å². The Balaban J connectivity index is 2.46. The molecule has 16 heavy (non-hydrogen) atoms. The number of rotatable bonds is 6. The summed E-state index contributed by atoms with van der Waals surface area (Å²) in [6.07, 6.45) is 0. The van der Waals surface area contributed by atoms with Gasteiger partial charge in [-0.3, -0.25) is 9.63 Å². The third kappa shape index (κ3) is 3.37. The van der Waals surface area contributed by atoms with Gasteiger partial charge in [0, 0.05) is 0 Å². The summed E-state index contributed by atoms with van der Waals surface area (Å²) in [5, 5.41) is 8.75. The van der Waals surface area contributed by atoms with E-state index in [0.717, 1.165) is 0 Å². The number of nitrogens with two attached hydrogens (primary N) is 1. The third-order valence-electron chi connectivity index (χ3n) is 1.76. The quantitative estimate of drug-likeness (QED) is 0.458. The Hall–Kier alpha value is -1.86. The van der Waals surface area contributed by atoms with E-state index in [1.165, 1.54) is 6.07 Å². The first kappa shape index (κ1) is 12.2. The van der Waals surface area contributed by atoms with Crippen molar-refractivity contribution < 1.29 is 24.0 Å². The first-order valence-electron chi connectivity index (χ1n) is 4.46. The number of hydrogen-bond donors (Lipinski definition) is 3. The van der Waals surface area contributed by atoms with Gasteiger partial charge in [-0.05, 0) is 13.0 Å². The van der Waals surface area contributed by atoms with Crippen LogP contribution in [0.15, 0.2) is 10.5 Å². The van der Waals surface area contributed by atoms with Crippen LogP contribution in [0.2, 0.25) is 0 Å². The minimum absolute atomic E-state index is 0.103. The van der Waals surface area contributed by atoms with Gasteiger partial charge in [-0.2, -0.15) is 5.48 Å². The molecule has 0 fully saturated rings. The third-order valence-corrected chi connectivity index (χ3v) is 1.76. The number of carbonyl (C=O) groups is 2. The SMILES string of the molecule is Cc1oc(CNOCC(N)=O)cc1C(=O)O. The highest BCUT2D eigenvalue weighted by molar-refractivity contribution is 5.88. The number of amides is 1. The van der Waals surface area contributed by atoms with Gasteiger partial charge in [0.25, 0.3) is 0 Å². The van der Waals surface area contributed by atoms with Crippen LogP contribution >= 0.6 is 0 Å². The normalized spacial score (nSPS) is 10.3. The van der Waals surface area contributed by atoms with Gasteiger partial charge in [0.2, 0.25) is 5.91 Å². The molecule has 0 bridgehead atoms. The Bertz CT molecular complexity index is 399. The topological polar surface area (TPSA) is 115 Å². The summed E-state index contributed by atoms with van der Waals surface area (Å²) in [5.41, 5.74) is 7.36. The van der Waals surface area contributed by atoms with Crippen LogP contribution in [0, 0.1) is 6.92 Å². The molecule has 1 aromatic rings. The number of aryl methyl sites for hydroxylation is 1.